The second-order valence-electron chi connectivity index (χ2n) is 9.04. The molecule has 4 rings (SSSR count). The van der Waals surface area contributed by atoms with Crippen LogP contribution in [0.15, 0.2) is 34.0 Å². The van der Waals surface area contributed by atoms with Crippen LogP contribution >= 0.6 is 24.0 Å². The van der Waals surface area contributed by atoms with E-state index in [0.29, 0.717) is 33.8 Å². The van der Waals surface area contributed by atoms with Crippen LogP contribution in [0.4, 0.5) is 5.69 Å². The van der Waals surface area contributed by atoms with Crippen LogP contribution in [-0.4, -0.2) is 39.3 Å². The molecule has 3 heterocycles. The van der Waals surface area contributed by atoms with E-state index in [-0.39, 0.29) is 11.5 Å². The molecule has 0 saturated carbocycles. The zero-order valence-electron chi connectivity index (χ0n) is 19.8. The summed E-state index contributed by atoms with van der Waals surface area (Å²) in [4.78, 5) is 31.5. The van der Waals surface area contributed by atoms with Crippen molar-refractivity contribution in [2.24, 2.45) is 5.92 Å². The molecule has 0 unspecified atom stereocenters. The van der Waals surface area contributed by atoms with Gasteiger partial charge in [0, 0.05) is 31.6 Å². The van der Waals surface area contributed by atoms with Gasteiger partial charge in [-0.15, -0.1) is 0 Å². The van der Waals surface area contributed by atoms with E-state index in [1.165, 1.54) is 11.8 Å². The zero-order chi connectivity index (χ0) is 23.5. The molecule has 0 atom stereocenters. The molecular formula is C26H33N3O2S2. The lowest BCUT2D eigenvalue weighted by Gasteiger charge is -2.34. The first-order valence-corrected chi connectivity index (χ1v) is 13.3. The van der Waals surface area contributed by atoms with E-state index >= 15 is 0 Å². The van der Waals surface area contributed by atoms with Gasteiger partial charge >= 0.3 is 0 Å². The third-order valence-electron chi connectivity index (χ3n) is 6.73. The average molecular weight is 484 g/mol. The summed E-state index contributed by atoms with van der Waals surface area (Å²) < 4.78 is 2.41. The van der Waals surface area contributed by atoms with Gasteiger partial charge in [-0.1, -0.05) is 68.9 Å². The minimum Gasteiger partial charge on any atom is -0.370 e. The van der Waals surface area contributed by atoms with Crippen molar-refractivity contribution >= 4 is 56.9 Å². The number of nitrogens with zero attached hydrogens (tertiary/aromatic N) is 3. The quantitative estimate of drug-likeness (QED) is 0.289. The Kier molecular flexibility index (Phi) is 7.59. The molecule has 1 aromatic carbocycles. The highest BCUT2D eigenvalue weighted by molar-refractivity contribution is 8.26. The predicted octanol–water partition coefficient (Wildman–Crippen LogP) is 5.65. The maximum Gasteiger partial charge on any atom is 0.266 e. The van der Waals surface area contributed by atoms with E-state index < -0.39 is 0 Å². The number of benzene rings is 1. The Labute approximate surface area is 205 Å². The molecule has 1 aromatic heterocycles. The lowest BCUT2D eigenvalue weighted by molar-refractivity contribution is -0.122. The molecule has 2 fully saturated rings. The molecule has 0 spiro atoms. The summed E-state index contributed by atoms with van der Waals surface area (Å²) in [6.07, 6.45) is 7.11. The minimum absolute atomic E-state index is 0.0407. The third kappa shape index (κ3) is 4.76. The SMILES string of the molecule is CCCCCN1C(=O)C(=Cc2c(N3CCC(C)CC3)c3ccccc3n(CC)c2=O)SC1=S. The highest BCUT2D eigenvalue weighted by Gasteiger charge is 2.33. The molecule has 0 N–H and O–H groups in total. The van der Waals surface area contributed by atoms with Crippen molar-refractivity contribution in [3.05, 3.63) is 45.1 Å². The van der Waals surface area contributed by atoms with Crippen LogP contribution in [-0.2, 0) is 11.3 Å². The third-order valence-corrected chi connectivity index (χ3v) is 8.11. The number of carbonyl (C=O) groups is 1. The van der Waals surface area contributed by atoms with Crippen molar-refractivity contribution in [2.75, 3.05) is 24.5 Å². The summed E-state index contributed by atoms with van der Waals surface area (Å²) >= 11 is 6.84. The Morgan fingerprint density at radius 3 is 2.55 bits per heavy atom. The Hall–Kier alpha value is -2.12. The molecule has 33 heavy (non-hydrogen) atoms. The first-order valence-electron chi connectivity index (χ1n) is 12.1. The lowest BCUT2D eigenvalue weighted by Crippen LogP contribution is -2.36. The smallest absolute Gasteiger partial charge is 0.266 e. The van der Waals surface area contributed by atoms with Crippen LogP contribution in [0.3, 0.4) is 0 Å². The first kappa shape index (κ1) is 24.0. The van der Waals surface area contributed by atoms with Gasteiger partial charge in [-0.05, 0) is 44.2 Å². The number of fused-ring (bicyclic) bond motifs is 1. The summed E-state index contributed by atoms with van der Waals surface area (Å²) in [5.41, 5.74) is 2.48. The van der Waals surface area contributed by atoms with Crippen molar-refractivity contribution in [1.82, 2.24) is 9.47 Å². The van der Waals surface area contributed by atoms with E-state index in [2.05, 4.69) is 24.8 Å². The molecule has 176 valence electrons. The highest BCUT2D eigenvalue weighted by Crippen LogP contribution is 2.37. The summed E-state index contributed by atoms with van der Waals surface area (Å²) in [6, 6.07) is 8.13. The first-order chi connectivity index (χ1) is 16.0. The van der Waals surface area contributed by atoms with Crippen molar-refractivity contribution in [1.29, 1.82) is 0 Å². The number of piperidine rings is 1. The molecule has 0 radical (unpaired) electrons. The Balaban J connectivity index is 1.84. The largest absolute Gasteiger partial charge is 0.370 e. The molecule has 2 aromatic rings. The van der Waals surface area contributed by atoms with Gasteiger partial charge in [-0.25, -0.2) is 0 Å². The monoisotopic (exact) mass is 483 g/mol. The van der Waals surface area contributed by atoms with Gasteiger partial charge in [0.05, 0.1) is 21.7 Å². The predicted molar refractivity (Wildman–Crippen MR) is 144 cm³/mol. The maximum atomic E-state index is 13.7. The summed E-state index contributed by atoms with van der Waals surface area (Å²) in [7, 11) is 0. The number of unbranched alkanes of at least 4 members (excludes halogenated alkanes) is 2. The van der Waals surface area contributed by atoms with Crippen molar-refractivity contribution in [3.8, 4) is 0 Å². The van der Waals surface area contributed by atoms with Crippen LogP contribution in [0.1, 0.15) is 58.4 Å². The van der Waals surface area contributed by atoms with E-state index in [9.17, 15) is 9.59 Å². The number of aryl methyl sites for hydroxylation is 1. The summed E-state index contributed by atoms with van der Waals surface area (Å²) in [5, 5.41) is 1.07. The molecule has 7 heteroatoms. The zero-order valence-corrected chi connectivity index (χ0v) is 21.4. The number of amides is 1. The molecule has 0 aliphatic carbocycles. The normalized spacial score (nSPS) is 18.8. The average Bonchev–Trinajstić information content (AvgIpc) is 3.08. The number of anilines is 1. The number of carbonyl (C=O) groups excluding carboxylic acids is 1. The van der Waals surface area contributed by atoms with Gasteiger partial charge in [-0.2, -0.15) is 0 Å². The van der Waals surface area contributed by atoms with Crippen molar-refractivity contribution < 1.29 is 4.79 Å². The standard InChI is InChI=1S/C26H33N3O2S2/c1-4-6-9-14-29-25(31)22(33-26(29)32)17-20-23(27-15-12-18(3)13-16-27)19-10-7-8-11-21(19)28(5-2)24(20)30/h7-8,10-11,17-18H,4-6,9,12-16H2,1-3H3. The molecule has 5 nitrogen and oxygen atoms in total. The van der Waals surface area contributed by atoms with Gasteiger partial charge in [-0.3, -0.25) is 14.5 Å². The molecule has 2 saturated heterocycles. The van der Waals surface area contributed by atoms with Crippen LogP contribution < -0.4 is 10.5 Å². The highest BCUT2D eigenvalue weighted by atomic mass is 32.2. The minimum atomic E-state index is -0.0741. The van der Waals surface area contributed by atoms with Crippen LogP contribution in [0.2, 0.25) is 0 Å². The van der Waals surface area contributed by atoms with E-state index in [0.717, 1.165) is 61.8 Å². The second kappa shape index (κ2) is 10.4. The number of rotatable bonds is 7. The number of aromatic nitrogens is 1. The number of hydrogen-bond donors (Lipinski definition) is 0. The molecule has 2 aliphatic heterocycles. The van der Waals surface area contributed by atoms with Crippen LogP contribution in [0.5, 0.6) is 0 Å². The molecule has 1 amide bonds. The van der Waals surface area contributed by atoms with Gasteiger partial charge in [0.1, 0.15) is 4.32 Å². The topological polar surface area (TPSA) is 45.6 Å². The van der Waals surface area contributed by atoms with E-state index in [1.54, 1.807) is 4.90 Å². The second-order valence-corrected chi connectivity index (χ2v) is 10.7. The number of para-hydroxylation sites is 1. The van der Waals surface area contributed by atoms with Crippen molar-refractivity contribution in [3.63, 3.8) is 0 Å². The van der Waals surface area contributed by atoms with Gasteiger partial charge < -0.3 is 9.47 Å². The fourth-order valence-electron chi connectivity index (χ4n) is 4.77. The maximum absolute atomic E-state index is 13.7. The fourth-order valence-corrected chi connectivity index (χ4v) is 6.06. The Morgan fingerprint density at radius 1 is 1.12 bits per heavy atom. The summed E-state index contributed by atoms with van der Waals surface area (Å²) in [5.74, 6) is 0.612. The Morgan fingerprint density at radius 2 is 1.85 bits per heavy atom. The number of thiocarbonyl (C=S) groups is 1. The lowest BCUT2D eigenvalue weighted by atomic mass is 9.97. The number of thioether (sulfide) groups is 1. The summed E-state index contributed by atoms with van der Waals surface area (Å²) in [6.45, 7) is 9.48. The van der Waals surface area contributed by atoms with Crippen LogP contribution in [0.25, 0.3) is 17.0 Å². The molecule has 0 bridgehead atoms. The Bertz CT molecular complexity index is 1150. The molecule has 2 aliphatic rings. The number of pyridine rings is 1. The van der Waals surface area contributed by atoms with E-state index in [1.807, 2.05) is 35.8 Å². The van der Waals surface area contributed by atoms with E-state index in [4.69, 9.17) is 12.2 Å². The molecular weight excluding hydrogens is 450 g/mol. The van der Waals surface area contributed by atoms with Gasteiger partial charge in [0.2, 0.25) is 0 Å². The fraction of sp³-hybridized carbons (Fsp3) is 0.500. The van der Waals surface area contributed by atoms with Gasteiger partial charge in [0.15, 0.2) is 0 Å². The van der Waals surface area contributed by atoms with Crippen molar-refractivity contribution in [2.45, 2.75) is 59.4 Å². The van der Waals surface area contributed by atoms with Crippen LogP contribution in [0, 0.1) is 5.92 Å². The van der Waals surface area contributed by atoms with Gasteiger partial charge in [0.25, 0.3) is 11.5 Å². The number of hydrogen-bond acceptors (Lipinski definition) is 5.